The summed E-state index contributed by atoms with van der Waals surface area (Å²) in [5, 5.41) is 12.8. The quantitative estimate of drug-likeness (QED) is 0.320. The minimum absolute atomic E-state index is 0.106. The van der Waals surface area contributed by atoms with Crippen LogP contribution in [-0.4, -0.2) is 102 Å². The highest BCUT2D eigenvalue weighted by Crippen LogP contribution is 2.38. The van der Waals surface area contributed by atoms with Crippen molar-refractivity contribution in [2.75, 3.05) is 51.3 Å². The number of halogens is 3. The van der Waals surface area contributed by atoms with Crippen LogP contribution in [0.15, 0.2) is 58.2 Å². The fourth-order valence-electron chi connectivity index (χ4n) is 5.07. The number of morpholine rings is 1. The minimum Gasteiger partial charge on any atom is -0.434 e. The van der Waals surface area contributed by atoms with Gasteiger partial charge in [-0.15, -0.1) is 0 Å². The van der Waals surface area contributed by atoms with Crippen molar-refractivity contribution >= 4 is 42.0 Å². The Labute approximate surface area is 251 Å². The number of ether oxygens (including phenoxy) is 2. The van der Waals surface area contributed by atoms with Crippen LogP contribution in [-0.2, 0) is 14.3 Å². The normalized spacial score (nSPS) is 20.2. The lowest BCUT2D eigenvalue weighted by Gasteiger charge is -2.28. The van der Waals surface area contributed by atoms with Crippen LogP contribution in [0, 0.1) is 0 Å². The number of benzene rings is 1. The van der Waals surface area contributed by atoms with E-state index >= 15 is 0 Å². The molecule has 2 saturated heterocycles. The highest BCUT2D eigenvalue weighted by molar-refractivity contribution is 6.31. The Morgan fingerprint density at radius 1 is 1.28 bits per heavy atom. The van der Waals surface area contributed by atoms with Gasteiger partial charge in [0.15, 0.2) is 5.82 Å². The zero-order valence-corrected chi connectivity index (χ0v) is 24.2. The van der Waals surface area contributed by atoms with Crippen molar-refractivity contribution in [3.63, 3.8) is 0 Å². The number of hydrazone groups is 1. The highest BCUT2D eigenvalue weighted by Gasteiger charge is 2.35. The number of likely N-dealkylation sites (tertiary alicyclic amines) is 1. The molecule has 1 atom stereocenters. The average molecular weight is 617 g/mol. The summed E-state index contributed by atoms with van der Waals surface area (Å²) in [6, 6.07) is 3.47. The zero-order valence-electron chi connectivity index (χ0n) is 23.5. The standard InChI is InChI=1S/C28H31ClF2N8O4/c1-18(25-33-7-3-8-38(25)32-2)26(40)34-21-17-39(35-24(21)20-16-19(29)4-5-23(20)43-28(30)31)22-6-9-37(27(22)41)11-10-36-12-14-42-15-13-36/h3-5,7-8,16-17,22,28H,2,6,9-15H2,1H3,(H,34,40)/b25-18+/t22-/m1/s1. The second-order valence-electron chi connectivity index (χ2n) is 9.98. The molecule has 3 aliphatic heterocycles. The smallest absolute Gasteiger partial charge is 0.387 e. The molecule has 228 valence electrons. The number of aliphatic imine (C=N–C) groups is 1. The number of amides is 2. The Kier molecular flexibility index (Phi) is 9.48. The average Bonchev–Trinajstić information content (AvgIpc) is 3.59. The summed E-state index contributed by atoms with van der Waals surface area (Å²) in [5.41, 5.74) is 0.594. The summed E-state index contributed by atoms with van der Waals surface area (Å²) < 4.78 is 38.2. The predicted octanol–water partition coefficient (Wildman–Crippen LogP) is 3.60. The van der Waals surface area contributed by atoms with Gasteiger partial charge >= 0.3 is 6.61 Å². The van der Waals surface area contributed by atoms with Crippen molar-refractivity contribution in [3.8, 4) is 17.0 Å². The van der Waals surface area contributed by atoms with Crippen LogP contribution in [0.25, 0.3) is 11.3 Å². The third-order valence-electron chi connectivity index (χ3n) is 7.33. The van der Waals surface area contributed by atoms with Crippen molar-refractivity contribution < 1.29 is 27.8 Å². The van der Waals surface area contributed by atoms with Crippen molar-refractivity contribution in [2.24, 2.45) is 10.1 Å². The SMILES string of the molecule is C=NN1C=CC=N/C1=C(/C)C(=O)Nc1cn([C@@H]2CCN(CCN3CCOCC3)C2=O)nc1-c1cc(Cl)ccc1OC(F)F. The highest BCUT2D eigenvalue weighted by atomic mass is 35.5. The van der Waals surface area contributed by atoms with Crippen LogP contribution in [0.5, 0.6) is 5.75 Å². The molecular weight excluding hydrogens is 586 g/mol. The number of nitrogens with one attached hydrogen (secondary N) is 1. The minimum atomic E-state index is -3.11. The molecule has 0 unspecified atom stereocenters. The zero-order chi connectivity index (χ0) is 30.5. The fraction of sp³-hybridized carbons (Fsp3) is 0.393. The van der Waals surface area contributed by atoms with E-state index in [1.807, 2.05) is 0 Å². The molecule has 2 fully saturated rings. The van der Waals surface area contributed by atoms with Crippen molar-refractivity contribution in [2.45, 2.75) is 26.0 Å². The summed E-state index contributed by atoms with van der Waals surface area (Å²) in [6.45, 7) is 6.73. The fourth-order valence-corrected chi connectivity index (χ4v) is 5.24. The van der Waals surface area contributed by atoms with Gasteiger partial charge in [-0.05, 0) is 37.6 Å². The van der Waals surface area contributed by atoms with Crippen LogP contribution < -0.4 is 10.1 Å². The summed E-state index contributed by atoms with van der Waals surface area (Å²) in [6.07, 6.45) is 6.73. The first kappa shape index (κ1) is 30.3. The number of carbonyl (C=O) groups excluding carboxylic acids is 2. The van der Waals surface area contributed by atoms with Crippen molar-refractivity contribution in [3.05, 3.63) is 53.1 Å². The lowest BCUT2D eigenvalue weighted by atomic mass is 10.1. The van der Waals surface area contributed by atoms with E-state index in [4.69, 9.17) is 21.1 Å². The van der Waals surface area contributed by atoms with E-state index in [1.54, 1.807) is 24.1 Å². The maximum Gasteiger partial charge on any atom is 0.387 e. The van der Waals surface area contributed by atoms with E-state index in [9.17, 15) is 18.4 Å². The molecule has 0 bridgehead atoms. The van der Waals surface area contributed by atoms with Crippen LogP contribution in [0.3, 0.4) is 0 Å². The largest absolute Gasteiger partial charge is 0.434 e. The first-order valence-corrected chi connectivity index (χ1v) is 14.0. The number of nitrogens with zero attached hydrogens (tertiary/aromatic N) is 7. The summed E-state index contributed by atoms with van der Waals surface area (Å²) in [4.78, 5) is 35.1. The molecule has 2 aromatic rings. The van der Waals surface area contributed by atoms with E-state index in [2.05, 4.69) is 32.1 Å². The first-order valence-electron chi connectivity index (χ1n) is 13.7. The van der Waals surface area contributed by atoms with Gasteiger partial charge in [-0.1, -0.05) is 11.6 Å². The Balaban J connectivity index is 1.46. The maximum atomic E-state index is 13.4. The Morgan fingerprint density at radius 2 is 2.07 bits per heavy atom. The van der Waals surface area contributed by atoms with Crippen LogP contribution in [0.4, 0.5) is 14.5 Å². The molecule has 4 heterocycles. The molecule has 0 aliphatic carbocycles. The number of anilines is 1. The monoisotopic (exact) mass is 616 g/mol. The van der Waals surface area contributed by atoms with E-state index < -0.39 is 18.6 Å². The van der Waals surface area contributed by atoms with Gasteiger partial charge in [-0.25, -0.2) is 10.0 Å². The first-order chi connectivity index (χ1) is 20.7. The molecule has 0 radical (unpaired) electrons. The Bertz CT molecular complexity index is 1470. The van der Waals surface area contributed by atoms with E-state index in [0.29, 0.717) is 32.7 Å². The molecule has 15 heteroatoms. The van der Waals surface area contributed by atoms with Gasteiger partial charge in [-0.2, -0.15) is 19.0 Å². The molecular formula is C28H31ClF2N8O4. The van der Waals surface area contributed by atoms with Gasteiger partial charge in [0.2, 0.25) is 5.91 Å². The molecule has 0 saturated carbocycles. The topological polar surface area (TPSA) is 117 Å². The van der Waals surface area contributed by atoms with Crippen LogP contribution >= 0.6 is 11.6 Å². The third kappa shape index (κ3) is 6.92. The molecule has 1 aromatic heterocycles. The Morgan fingerprint density at radius 3 is 2.81 bits per heavy atom. The molecule has 2 amide bonds. The summed E-state index contributed by atoms with van der Waals surface area (Å²) >= 11 is 6.23. The number of alkyl halides is 2. The lowest BCUT2D eigenvalue weighted by molar-refractivity contribution is -0.130. The lowest BCUT2D eigenvalue weighted by Crippen LogP contribution is -2.42. The summed E-state index contributed by atoms with van der Waals surface area (Å²) in [7, 11) is 0. The number of rotatable bonds is 10. The number of aromatic nitrogens is 2. The van der Waals surface area contributed by atoms with Gasteiger partial charge < -0.3 is 19.7 Å². The molecule has 0 spiro atoms. The summed E-state index contributed by atoms with van der Waals surface area (Å²) in [5.74, 6) is -0.621. The van der Waals surface area contributed by atoms with Crippen LogP contribution in [0.1, 0.15) is 19.4 Å². The number of hydrogen-bond acceptors (Lipinski definition) is 9. The second-order valence-corrected chi connectivity index (χ2v) is 10.4. The molecule has 5 rings (SSSR count). The van der Waals surface area contributed by atoms with Crippen molar-refractivity contribution in [1.29, 1.82) is 0 Å². The van der Waals surface area contributed by atoms with E-state index in [0.717, 1.165) is 19.6 Å². The molecule has 43 heavy (non-hydrogen) atoms. The maximum absolute atomic E-state index is 13.4. The van der Waals surface area contributed by atoms with Crippen LogP contribution in [0.2, 0.25) is 5.02 Å². The van der Waals surface area contributed by atoms with Gasteiger partial charge in [0.1, 0.15) is 17.5 Å². The van der Waals surface area contributed by atoms with Gasteiger partial charge in [0.05, 0.1) is 30.7 Å². The van der Waals surface area contributed by atoms with E-state index in [1.165, 1.54) is 40.3 Å². The Hall–Kier alpha value is -4.14. The predicted molar refractivity (Wildman–Crippen MR) is 157 cm³/mol. The number of carbonyl (C=O) groups is 2. The van der Waals surface area contributed by atoms with Crippen molar-refractivity contribution in [1.82, 2.24) is 24.6 Å². The molecule has 1 aromatic carbocycles. The second kappa shape index (κ2) is 13.4. The molecule has 12 nitrogen and oxygen atoms in total. The number of allylic oxidation sites excluding steroid dienone is 1. The molecule has 3 aliphatic rings. The number of hydrogen-bond donors (Lipinski definition) is 1. The van der Waals surface area contributed by atoms with Gasteiger partial charge in [0.25, 0.3) is 5.91 Å². The third-order valence-corrected chi connectivity index (χ3v) is 7.56. The van der Waals surface area contributed by atoms with Gasteiger partial charge in [-0.3, -0.25) is 19.2 Å². The molecule has 1 N–H and O–H groups in total. The van der Waals surface area contributed by atoms with E-state index in [-0.39, 0.29) is 45.0 Å². The van der Waals surface area contributed by atoms with Gasteiger partial charge in [0, 0.05) is 62.4 Å².